The fraction of sp³-hybridized carbons (Fsp3) is 0.800. The van der Waals surface area contributed by atoms with E-state index >= 15 is 0 Å². The highest BCUT2D eigenvalue weighted by Gasteiger charge is 2.22. The normalized spacial score (nSPS) is 18.5. The molecule has 3 nitrogen and oxygen atoms in total. The van der Waals surface area contributed by atoms with Crippen LogP contribution in [0.4, 0.5) is 0 Å². The minimum absolute atomic E-state index is 0.761. The van der Waals surface area contributed by atoms with E-state index in [9.17, 15) is 5.11 Å². The van der Waals surface area contributed by atoms with Crippen molar-refractivity contribution in [3.8, 4) is 0 Å². The van der Waals surface area contributed by atoms with Crippen LogP contribution in [0.5, 0.6) is 0 Å². The number of hydrogen-bond acceptors (Lipinski definition) is 4. The number of nitrogens with zero attached hydrogens (tertiary/aromatic N) is 2. The van der Waals surface area contributed by atoms with Crippen molar-refractivity contribution >= 4 is 11.3 Å². The van der Waals surface area contributed by atoms with Gasteiger partial charge in [-0.3, -0.25) is 0 Å². The van der Waals surface area contributed by atoms with Gasteiger partial charge in [-0.05, 0) is 46.7 Å². The molecule has 0 spiro atoms. The van der Waals surface area contributed by atoms with E-state index in [2.05, 4.69) is 9.88 Å². The zero-order valence-electron chi connectivity index (χ0n) is 12.4. The maximum atomic E-state index is 10.1. The Morgan fingerprint density at radius 1 is 1.21 bits per heavy atom. The molecule has 1 aliphatic rings. The molecular weight excluding hydrogens is 256 g/mol. The van der Waals surface area contributed by atoms with E-state index in [0.717, 1.165) is 23.5 Å². The molecule has 0 saturated carbocycles. The standard InChI is InChI=1S/C15H26N2OS/c1-12-14(15(2,3)18)19-13(16-12)8-11-17-9-6-4-5-7-10-17/h18H,4-11H2,1-3H3. The molecule has 1 fully saturated rings. The molecular formula is C15H26N2OS. The maximum Gasteiger partial charge on any atom is 0.0950 e. The van der Waals surface area contributed by atoms with Crippen molar-refractivity contribution in [2.75, 3.05) is 19.6 Å². The Kier molecular flexibility index (Phi) is 4.98. The van der Waals surface area contributed by atoms with E-state index in [1.807, 2.05) is 20.8 Å². The minimum atomic E-state index is -0.761. The van der Waals surface area contributed by atoms with Gasteiger partial charge in [0.25, 0.3) is 0 Å². The van der Waals surface area contributed by atoms with Gasteiger partial charge in [-0.1, -0.05) is 12.8 Å². The lowest BCUT2D eigenvalue weighted by Gasteiger charge is -2.18. The summed E-state index contributed by atoms with van der Waals surface area (Å²) in [5.41, 5.74) is 0.228. The number of rotatable bonds is 4. The number of hydrogen-bond donors (Lipinski definition) is 1. The summed E-state index contributed by atoms with van der Waals surface area (Å²) < 4.78 is 0. The first-order chi connectivity index (χ1) is 8.97. The number of aryl methyl sites for hydroxylation is 1. The average Bonchev–Trinajstić information content (AvgIpc) is 2.56. The fourth-order valence-electron chi connectivity index (χ4n) is 2.74. The van der Waals surface area contributed by atoms with Crippen LogP contribution in [0.25, 0.3) is 0 Å². The van der Waals surface area contributed by atoms with Gasteiger partial charge < -0.3 is 10.0 Å². The van der Waals surface area contributed by atoms with Crippen LogP contribution in [-0.4, -0.2) is 34.6 Å². The van der Waals surface area contributed by atoms with Crippen LogP contribution in [0.2, 0.25) is 0 Å². The van der Waals surface area contributed by atoms with Crippen LogP contribution < -0.4 is 0 Å². The Bertz CT molecular complexity index is 401. The predicted molar refractivity (Wildman–Crippen MR) is 80.7 cm³/mol. The first-order valence-electron chi connectivity index (χ1n) is 7.38. The summed E-state index contributed by atoms with van der Waals surface area (Å²) in [7, 11) is 0. The Hall–Kier alpha value is -0.450. The van der Waals surface area contributed by atoms with Gasteiger partial charge in [0, 0.05) is 13.0 Å². The van der Waals surface area contributed by atoms with Gasteiger partial charge in [0.05, 0.1) is 21.2 Å². The molecule has 1 N–H and O–H groups in total. The Morgan fingerprint density at radius 3 is 2.37 bits per heavy atom. The molecule has 2 heterocycles. The van der Waals surface area contributed by atoms with Crippen LogP contribution in [0.1, 0.15) is 55.1 Å². The number of thiazole rings is 1. The highest BCUT2D eigenvalue weighted by atomic mass is 32.1. The summed E-state index contributed by atoms with van der Waals surface area (Å²) in [6.45, 7) is 9.26. The van der Waals surface area contributed by atoms with Gasteiger partial charge in [0.1, 0.15) is 0 Å². The zero-order valence-corrected chi connectivity index (χ0v) is 13.2. The van der Waals surface area contributed by atoms with Crippen molar-refractivity contribution in [3.63, 3.8) is 0 Å². The lowest BCUT2D eigenvalue weighted by molar-refractivity contribution is 0.0817. The first-order valence-corrected chi connectivity index (χ1v) is 8.20. The molecule has 0 atom stereocenters. The van der Waals surface area contributed by atoms with E-state index in [-0.39, 0.29) is 0 Å². The third-order valence-electron chi connectivity index (χ3n) is 3.74. The summed E-state index contributed by atoms with van der Waals surface area (Å²) in [6, 6.07) is 0. The summed E-state index contributed by atoms with van der Waals surface area (Å²) >= 11 is 1.67. The second-order valence-corrected chi connectivity index (χ2v) is 7.17. The van der Waals surface area contributed by atoms with Gasteiger partial charge in [-0.2, -0.15) is 0 Å². The van der Waals surface area contributed by atoms with Gasteiger partial charge in [-0.25, -0.2) is 4.98 Å². The van der Waals surface area contributed by atoms with Gasteiger partial charge in [0.15, 0.2) is 0 Å². The molecule has 0 aliphatic carbocycles. The van der Waals surface area contributed by atoms with E-state index < -0.39 is 5.60 Å². The molecule has 108 valence electrons. The largest absolute Gasteiger partial charge is 0.385 e. The predicted octanol–water partition coefficient (Wildman–Crippen LogP) is 3.10. The maximum absolute atomic E-state index is 10.1. The van der Waals surface area contributed by atoms with E-state index in [0.29, 0.717) is 0 Å². The molecule has 1 saturated heterocycles. The lowest BCUT2D eigenvalue weighted by atomic mass is 10.1. The fourth-order valence-corrected chi connectivity index (χ4v) is 3.80. The molecule has 4 heteroatoms. The number of likely N-dealkylation sites (tertiary alicyclic amines) is 1. The second kappa shape index (κ2) is 6.33. The quantitative estimate of drug-likeness (QED) is 0.922. The summed E-state index contributed by atoms with van der Waals surface area (Å²) in [4.78, 5) is 8.19. The van der Waals surface area contributed by atoms with Gasteiger partial charge in [-0.15, -0.1) is 11.3 Å². The molecule has 0 radical (unpaired) electrons. The van der Waals surface area contributed by atoms with Gasteiger partial charge >= 0.3 is 0 Å². The number of aromatic nitrogens is 1. The monoisotopic (exact) mass is 282 g/mol. The van der Waals surface area contributed by atoms with Crippen molar-refractivity contribution in [2.45, 2.75) is 58.5 Å². The van der Waals surface area contributed by atoms with Crippen molar-refractivity contribution in [2.24, 2.45) is 0 Å². The van der Waals surface area contributed by atoms with E-state index in [1.165, 1.54) is 43.8 Å². The molecule has 0 unspecified atom stereocenters. The molecule has 1 aromatic heterocycles. The lowest BCUT2D eigenvalue weighted by Crippen LogP contribution is -2.26. The first kappa shape index (κ1) is 14.9. The van der Waals surface area contributed by atoms with Crippen LogP contribution in [-0.2, 0) is 12.0 Å². The summed E-state index contributed by atoms with van der Waals surface area (Å²) in [6.07, 6.45) is 6.46. The van der Waals surface area contributed by atoms with Crippen molar-refractivity contribution < 1.29 is 5.11 Å². The summed E-state index contributed by atoms with van der Waals surface area (Å²) in [5.74, 6) is 0. The van der Waals surface area contributed by atoms with Crippen molar-refractivity contribution in [1.29, 1.82) is 0 Å². The van der Waals surface area contributed by atoms with Crippen molar-refractivity contribution in [3.05, 3.63) is 15.6 Å². The van der Waals surface area contributed by atoms with Crippen LogP contribution in [0, 0.1) is 6.92 Å². The van der Waals surface area contributed by atoms with Crippen LogP contribution in [0.15, 0.2) is 0 Å². The SMILES string of the molecule is Cc1nc(CCN2CCCCCC2)sc1C(C)(C)O. The molecule has 0 bridgehead atoms. The highest BCUT2D eigenvalue weighted by Crippen LogP contribution is 2.29. The highest BCUT2D eigenvalue weighted by molar-refractivity contribution is 7.11. The molecule has 2 rings (SSSR count). The molecule has 1 aliphatic heterocycles. The average molecular weight is 282 g/mol. The number of aliphatic hydroxyl groups is 1. The van der Waals surface area contributed by atoms with E-state index in [4.69, 9.17) is 0 Å². The topological polar surface area (TPSA) is 36.4 Å². The molecule has 0 aromatic carbocycles. The van der Waals surface area contributed by atoms with Crippen molar-refractivity contribution in [1.82, 2.24) is 9.88 Å². The molecule has 19 heavy (non-hydrogen) atoms. The van der Waals surface area contributed by atoms with Crippen LogP contribution >= 0.6 is 11.3 Å². The Morgan fingerprint density at radius 2 is 1.84 bits per heavy atom. The molecule has 1 aromatic rings. The van der Waals surface area contributed by atoms with E-state index in [1.54, 1.807) is 11.3 Å². The smallest absolute Gasteiger partial charge is 0.0950 e. The summed E-state index contributed by atoms with van der Waals surface area (Å²) in [5, 5.41) is 11.3. The Balaban J connectivity index is 1.92. The Labute approximate surface area is 120 Å². The van der Waals surface area contributed by atoms with Gasteiger partial charge in [0.2, 0.25) is 0 Å². The van der Waals surface area contributed by atoms with Crippen LogP contribution in [0.3, 0.4) is 0 Å². The zero-order chi connectivity index (χ0) is 13.9. The third-order valence-corrected chi connectivity index (χ3v) is 5.27. The second-order valence-electron chi connectivity index (χ2n) is 6.09. The minimum Gasteiger partial charge on any atom is -0.385 e. The molecule has 0 amide bonds. The third kappa shape index (κ3) is 4.26.